The molecule has 4 aromatic rings. The molecule has 0 aliphatic carbocycles. The van der Waals surface area contributed by atoms with Gasteiger partial charge in [0.25, 0.3) is 0 Å². The Morgan fingerprint density at radius 3 is 2.73 bits per heavy atom. The Balaban J connectivity index is 1.61. The van der Waals surface area contributed by atoms with Gasteiger partial charge in [-0.05, 0) is 37.3 Å². The summed E-state index contributed by atoms with van der Waals surface area (Å²) in [4.78, 5) is 6.96. The van der Waals surface area contributed by atoms with Crippen LogP contribution >= 0.6 is 0 Å². The van der Waals surface area contributed by atoms with Crippen LogP contribution in [0.15, 0.2) is 48.7 Å². The van der Waals surface area contributed by atoms with Crippen LogP contribution in [0.25, 0.3) is 16.9 Å². The highest BCUT2D eigenvalue weighted by Crippen LogP contribution is 2.27. The maximum atomic E-state index is 13.3. The van der Waals surface area contributed by atoms with Crippen molar-refractivity contribution < 1.29 is 4.39 Å². The third-order valence-electron chi connectivity index (χ3n) is 4.72. The molecule has 130 valence electrons. The van der Waals surface area contributed by atoms with Crippen molar-refractivity contribution >= 4 is 11.5 Å². The van der Waals surface area contributed by atoms with Crippen LogP contribution in [0.2, 0.25) is 0 Å². The molecule has 1 aliphatic heterocycles. The minimum Gasteiger partial charge on any atom is -0.349 e. The molecule has 0 saturated carbocycles. The quantitative estimate of drug-likeness (QED) is 0.559. The van der Waals surface area contributed by atoms with Gasteiger partial charge < -0.3 is 4.90 Å². The third-order valence-corrected chi connectivity index (χ3v) is 4.72. The van der Waals surface area contributed by atoms with Crippen molar-refractivity contribution in [3.8, 4) is 11.3 Å². The largest absolute Gasteiger partial charge is 0.349 e. The van der Waals surface area contributed by atoms with Gasteiger partial charge in [-0.3, -0.25) is 4.68 Å². The Hall–Kier alpha value is -3.22. The standard InChI is InChI=1S/C19H17FN6/c1-13-10-16-12-24(8-9-25(16)23-13)19-11-17(14-2-4-15(20)5-3-14)22-18-6-7-21-26(18)19/h2-7,10-11H,8-9,12H2,1H3. The molecular formula is C19H17FN6. The zero-order chi connectivity index (χ0) is 17.7. The van der Waals surface area contributed by atoms with E-state index in [9.17, 15) is 4.39 Å². The highest BCUT2D eigenvalue weighted by Gasteiger charge is 2.21. The van der Waals surface area contributed by atoms with Gasteiger partial charge in [-0.2, -0.15) is 14.7 Å². The van der Waals surface area contributed by atoms with E-state index in [1.807, 2.05) is 23.6 Å². The first-order chi connectivity index (χ1) is 12.7. The number of hydrogen-bond donors (Lipinski definition) is 0. The summed E-state index contributed by atoms with van der Waals surface area (Å²) < 4.78 is 17.2. The summed E-state index contributed by atoms with van der Waals surface area (Å²) in [5, 5.41) is 8.96. The smallest absolute Gasteiger partial charge is 0.157 e. The van der Waals surface area contributed by atoms with Crippen LogP contribution < -0.4 is 4.90 Å². The Morgan fingerprint density at radius 1 is 1.04 bits per heavy atom. The lowest BCUT2D eigenvalue weighted by molar-refractivity contribution is 0.512. The second-order valence-electron chi connectivity index (χ2n) is 6.53. The first kappa shape index (κ1) is 15.1. The van der Waals surface area contributed by atoms with Gasteiger partial charge in [0, 0.05) is 24.2 Å². The molecule has 0 radical (unpaired) electrons. The molecule has 0 saturated heterocycles. The molecule has 5 rings (SSSR count). The highest BCUT2D eigenvalue weighted by atomic mass is 19.1. The van der Waals surface area contributed by atoms with Gasteiger partial charge in [0.05, 0.1) is 36.4 Å². The number of aromatic nitrogens is 5. The van der Waals surface area contributed by atoms with Gasteiger partial charge in [-0.1, -0.05) is 0 Å². The van der Waals surface area contributed by atoms with Crippen LogP contribution in [0, 0.1) is 12.7 Å². The molecule has 6 nitrogen and oxygen atoms in total. The second-order valence-corrected chi connectivity index (χ2v) is 6.53. The number of hydrogen-bond acceptors (Lipinski definition) is 4. The number of rotatable bonds is 2. The van der Waals surface area contributed by atoms with Crippen molar-refractivity contribution in [2.24, 2.45) is 0 Å². The molecule has 7 heteroatoms. The van der Waals surface area contributed by atoms with Crippen molar-refractivity contribution in [2.75, 3.05) is 11.4 Å². The van der Waals surface area contributed by atoms with E-state index in [1.54, 1.807) is 18.3 Å². The number of anilines is 1. The predicted molar refractivity (Wildman–Crippen MR) is 96.4 cm³/mol. The molecule has 0 spiro atoms. The van der Waals surface area contributed by atoms with Crippen LogP contribution in [0.3, 0.4) is 0 Å². The molecular weight excluding hydrogens is 331 g/mol. The minimum absolute atomic E-state index is 0.251. The first-order valence-corrected chi connectivity index (χ1v) is 8.56. The van der Waals surface area contributed by atoms with E-state index < -0.39 is 0 Å². The highest BCUT2D eigenvalue weighted by molar-refractivity contribution is 5.67. The van der Waals surface area contributed by atoms with Gasteiger partial charge in [-0.15, -0.1) is 0 Å². The summed E-state index contributed by atoms with van der Waals surface area (Å²) in [6.07, 6.45) is 1.75. The molecule has 0 unspecified atom stereocenters. The molecule has 4 heterocycles. The maximum Gasteiger partial charge on any atom is 0.157 e. The number of halogens is 1. The Labute approximate surface area is 149 Å². The number of nitrogens with zero attached hydrogens (tertiary/aromatic N) is 6. The van der Waals surface area contributed by atoms with Gasteiger partial charge in [0.1, 0.15) is 11.6 Å². The van der Waals surface area contributed by atoms with Crippen molar-refractivity contribution in [1.29, 1.82) is 0 Å². The zero-order valence-electron chi connectivity index (χ0n) is 14.3. The van der Waals surface area contributed by atoms with Gasteiger partial charge >= 0.3 is 0 Å². The molecule has 0 fully saturated rings. The van der Waals surface area contributed by atoms with E-state index in [1.165, 1.54) is 17.8 Å². The Bertz CT molecular complexity index is 1100. The summed E-state index contributed by atoms with van der Waals surface area (Å²) >= 11 is 0. The Morgan fingerprint density at radius 2 is 1.88 bits per heavy atom. The van der Waals surface area contributed by atoms with Crippen LogP contribution in [-0.2, 0) is 13.1 Å². The topological polar surface area (TPSA) is 51.2 Å². The summed E-state index contributed by atoms with van der Waals surface area (Å²) in [6, 6.07) is 12.4. The lowest BCUT2D eigenvalue weighted by Gasteiger charge is -2.29. The summed E-state index contributed by atoms with van der Waals surface area (Å²) in [6.45, 7) is 4.46. The molecule has 0 atom stereocenters. The van der Waals surface area contributed by atoms with E-state index in [4.69, 9.17) is 0 Å². The lowest BCUT2D eigenvalue weighted by atomic mass is 10.1. The van der Waals surface area contributed by atoms with E-state index in [-0.39, 0.29) is 5.82 Å². The van der Waals surface area contributed by atoms with Crippen molar-refractivity contribution in [1.82, 2.24) is 24.4 Å². The summed E-state index contributed by atoms with van der Waals surface area (Å²) in [5.41, 5.74) is 4.69. The molecule has 0 N–H and O–H groups in total. The SMILES string of the molecule is Cc1cc2n(n1)CCN(c1cc(-c3ccc(F)cc3)nc3ccnn13)C2. The van der Waals surface area contributed by atoms with E-state index in [2.05, 4.69) is 30.8 Å². The average Bonchev–Trinajstić information content (AvgIpc) is 3.25. The summed E-state index contributed by atoms with van der Waals surface area (Å²) in [5.74, 6) is 0.725. The fourth-order valence-electron chi connectivity index (χ4n) is 3.50. The van der Waals surface area contributed by atoms with Crippen LogP contribution in [0.4, 0.5) is 10.2 Å². The van der Waals surface area contributed by atoms with E-state index >= 15 is 0 Å². The number of aryl methyl sites for hydroxylation is 1. The number of benzene rings is 1. The average molecular weight is 348 g/mol. The third kappa shape index (κ3) is 2.44. The molecule has 26 heavy (non-hydrogen) atoms. The lowest BCUT2D eigenvalue weighted by Crippen LogP contribution is -2.35. The zero-order valence-corrected chi connectivity index (χ0v) is 14.3. The van der Waals surface area contributed by atoms with E-state index in [0.29, 0.717) is 0 Å². The second kappa shape index (κ2) is 5.66. The first-order valence-electron chi connectivity index (χ1n) is 8.56. The molecule has 1 aliphatic rings. The normalized spacial score (nSPS) is 14.0. The van der Waals surface area contributed by atoms with Crippen molar-refractivity contribution in [2.45, 2.75) is 20.0 Å². The fourth-order valence-corrected chi connectivity index (χ4v) is 3.50. The Kier molecular flexibility index (Phi) is 3.28. The van der Waals surface area contributed by atoms with Gasteiger partial charge in [0.2, 0.25) is 0 Å². The van der Waals surface area contributed by atoms with Crippen LogP contribution in [-0.4, -0.2) is 30.9 Å². The monoisotopic (exact) mass is 348 g/mol. The molecule has 1 aromatic carbocycles. The van der Waals surface area contributed by atoms with E-state index in [0.717, 1.165) is 48.1 Å². The molecule has 3 aromatic heterocycles. The van der Waals surface area contributed by atoms with Gasteiger partial charge in [0.15, 0.2) is 5.65 Å². The molecule has 0 amide bonds. The fraction of sp³-hybridized carbons (Fsp3) is 0.211. The maximum absolute atomic E-state index is 13.3. The van der Waals surface area contributed by atoms with Gasteiger partial charge in [-0.25, -0.2) is 9.37 Å². The van der Waals surface area contributed by atoms with Crippen molar-refractivity contribution in [3.05, 3.63) is 65.9 Å². The number of fused-ring (bicyclic) bond motifs is 2. The summed E-state index contributed by atoms with van der Waals surface area (Å²) in [7, 11) is 0. The van der Waals surface area contributed by atoms with Crippen LogP contribution in [0.5, 0.6) is 0 Å². The van der Waals surface area contributed by atoms with Crippen LogP contribution in [0.1, 0.15) is 11.4 Å². The predicted octanol–water partition coefficient (Wildman–Crippen LogP) is 3.06. The van der Waals surface area contributed by atoms with Crippen molar-refractivity contribution in [3.63, 3.8) is 0 Å². The minimum atomic E-state index is -0.251. The molecule has 0 bridgehead atoms.